The number of rotatable bonds is 5. The molecule has 2 heterocycles. The summed E-state index contributed by atoms with van der Waals surface area (Å²) in [6, 6.07) is 4.96. The number of anilines is 1. The van der Waals surface area contributed by atoms with E-state index in [0.717, 1.165) is 38.1 Å². The second kappa shape index (κ2) is 8.39. The van der Waals surface area contributed by atoms with E-state index in [2.05, 4.69) is 15.6 Å². The smallest absolute Gasteiger partial charge is 0.317 e. The molecule has 1 aliphatic rings. The van der Waals surface area contributed by atoms with Gasteiger partial charge in [-0.2, -0.15) is 13.2 Å². The summed E-state index contributed by atoms with van der Waals surface area (Å²) in [6.07, 6.45) is -0.194. The summed E-state index contributed by atoms with van der Waals surface area (Å²) in [4.78, 5) is 17.7. The third-order valence-corrected chi connectivity index (χ3v) is 5.89. The average molecular weight is 397 g/mol. The van der Waals surface area contributed by atoms with Crippen LogP contribution in [0.15, 0.2) is 30.5 Å². The fourth-order valence-corrected chi connectivity index (χ4v) is 4.21. The molecule has 1 fully saturated rings. The molecule has 1 aliphatic heterocycles. The van der Waals surface area contributed by atoms with Crippen molar-refractivity contribution in [2.45, 2.75) is 44.2 Å². The molecule has 0 saturated carbocycles. The Labute approximate surface area is 160 Å². The summed E-state index contributed by atoms with van der Waals surface area (Å²) in [5, 5.41) is 6.71. The Bertz CT molecular complexity index is 767. The Hall–Kier alpha value is -1.93. The predicted molar refractivity (Wildman–Crippen MR) is 100 cm³/mol. The zero-order valence-electron chi connectivity index (χ0n) is 15.0. The molecule has 1 amide bonds. The minimum atomic E-state index is -4.35. The van der Waals surface area contributed by atoms with E-state index in [-0.39, 0.29) is 18.2 Å². The first kappa shape index (κ1) is 19.8. The highest BCUT2D eigenvalue weighted by molar-refractivity contribution is 7.15. The highest BCUT2D eigenvalue weighted by Crippen LogP contribution is 2.33. The number of nitrogens with one attached hydrogen (secondary N) is 2. The summed E-state index contributed by atoms with van der Waals surface area (Å²) < 4.78 is 37.9. The van der Waals surface area contributed by atoms with Crippen molar-refractivity contribution in [3.63, 3.8) is 0 Å². The van der Waals surface area contributed by atoms with E-state index in [1.54, 1.807) is 0 Å². The van der Waals surface area contributed by atoms with Gasteiger partial charge in [0.25, 0.3) is 0 Å². The summed E-state index contributed by atoms with van der Waals surface area (Å²) in [7, 11) is 0. The monoisotopic (exact) mass is 397 g/mol. The molecular weight excluding hydrogens is 375 g/mol. The van der Waals surface area contributed by atoms with Crippen molar-refractivity contribution in [3.05, 3.63) is 46.5 Å². The number of thiazole rings is 1. The minimum absolute atomic E-state index is 0.184. The van der Waals surface area contributed by atoms with Gasteiger partial charge in [-0.05, 0) is 55.5 Å². The first-order valence-corrected chi connectivity index (χ1v) is 9.78. The van der Waals surface area contributed by atoms with Crippen LogP contribution in [0.3, 0.4) is 0 Å². The lowest BCUT2D eigenvalue weighted by molar-refractivity contribution is -0.137. The Morgan fingerprint density at radius 2 is 1.96 bits per heavy atom. The highest BCUT2D eigenvalue weighted by atomic mass is 32.1. The van der Waals surface area contributed by atoms with E-state index in [1.165, 1.54) is 28.3 Å². The molecule has 4 nitrogen and oxygen atoms in total. The third-order valence-electron chi connectivity index (χ3n) is 4.81. The van der Waals surface area contributed by atoms with E-state index in [0.29, 0.717) is 16.6 Å². The standard InChI is InChI=1S/C19H22F3N3OS/c1-12(13-2-4-15(5-3-13)19(20,21)22)10-17(26)25-18-24-11-16(27-18)14-6-8-23-9-7-14/h2-5,11-12,14,23H,6-10H2,1H3,(H,24,25,26). The molecule has 0 bridgehead atoms. The van der Waals surface area contributed by atoms with E-state index >= 15 is 0 Å². The van der Waals surface area contributed by atoms with E-state index in [4.69, 9.17) is 0 Å². The van der Waals surface area contributed by atoms with E-state index in [9.17, 15) is 18.0 Å². The number of nitrogens with zero attached hydrogens (tertiary/aromatic N) is 1. The van der Waals surface area contributed by atoms with Crippen LogP contribution in [-0.4, -0.2) is 24.0 Å². The van der Waals surface area contributed by atoms with Crippen LogP contribution in [-0.2, 0) is 11.0 Å². The molecular formula is C19H22F3N3OS. The number of amides is 1. The maximum absolute atomic E-state index is 12.6. The van der Waals surface area contributed by atoms with Crippen LogP contribution < -0.4 is 10.6 Å². The van der Waals surface area contributed by atoms with E-state index < -0.39 is 11.7 Å². The molecule has 8 heteroatoms. The highest BCUT2D eigenvalue weighted by Gasteiger charge is 2.30. The van der Waals surface area contributed by atoms with E-state index in [1.807, 2.05) is 13.1 Å². The van der Waals surface area contributed by atoms with Crippen molar-refractivity contribution in [1.29, 1.82) is 0 Å². The zero-order valence-corrected chi connectivity index (χ0v) is 15.8. The van der Waals surface area contributed by atoms with Gasteiger partial charge in [0.2, 0.25) is 5.91 Å². The molecule has 0 aliphatic carbocycles. The molecule has 1 atom stereocenters. The fraction of sp³-hybridized carbons (Fsp3) is 0.474. The molecule has 3 rings (SSSR count). The molecule has 1 saturated heterocycles. The van der Waals surface area contributed by atoms with Gasteiger partial charge in [-0.25, -0.2) is 4.98 Å². The number of piperidine rings is 1. The van der Waals surface area contributed by atoms with Crippen LogP contribution >= 0.6 is 11.3 Å². The van der Waals surface area contributed by atoms with Gasteiger partial charge in [0.15, 0.2) is 5.13 Å². The third kappa shape index (κ3) is 5.29. The first-order chi connectivity index (χ1) is 12.8. The summed E-state index contributed by atoms with van der Waals surface area (Å²) in [5.74, 6) is 0.116. The van der Waals surface area contributed by atoms with Gasteiger partial charge < -0.3 is 10.6 Å². The molecule has 146 valence electrons. The molecule has 1 unspecified atom stereocenters. The second-order valence-electron chi connectivity index (χ2n) is 6.87. The number of halogens is 3. The molecule has 2 aromatic rings. The summed E-state index contributed by atoms with van der Waals surface area (Å²) in [6.45, 7) is 3.81. The van der Waals surface area contributed by atoms with Crippen molar-refractivity contribution >= 4 is 22.4 Å². The largest absolute Gasteiger partial charge is 0.416 e. The molecule has 2 N–H and O–H groups in total. The van der Waals surface area contributed by atoms with Gasteiger partial charge in [0, 0.05) is 17.5 Å². The van der Waals surface area contributed by atoms with Crippen LogP contribution in [0.5, 0.6) is 0 Å². The Balaban J connectivity index is 1.55. The van der Waals surface area contributed by atoms with Gasteiger partial charge in [-0.3, -0.25) is 4.79 Å². The topological polar surface area (TPSA) is 54.0 Å². The maximum atomic E-state index is 12.6. The number of aromatic nitrogens is 1. The average Bonchev–Trinajstić information content (AvgIpc) is 3.10. The van der Waals surface area contributed by atoms with Crippen LogP contribution in [0.2, 0.25) is 0 Å². The number of benzene rings is 1. The lowest BCUT2D eigenvalue weighted by Crippen LogP contribution is -2.26. The molecule has 0 radical (unpaired) electrons. The molecule has 1 aromatic carbocycles. The van der Waals surface area contributed by atoms with Crippen LogP contribution in [0.1, 0.15) is 54.0 Å². The Morgan fingerprint density at radius 3 is 2.59 bits per heavy atom. The second-order valence-corrected chi connectivity index (χ2v) is 7.93. The van der Waals surface area contributed by atoms with Crippen molar-refractivity contribution in [1.82, 2.24) is 10.3 Å². The first-order valence-electron chi connectivity index (χ1n) is 8.96. The number of hydrogen-bond donors (Lipinski definition) is 2. The van der Waals surface area contributed by atoms with Crippen molar-refractivity contribution in [3.8, 4) is 0 Å². The number of hydrogen-bond acceptors (Lipinski definition) is 4. The Kier molecular flexibility index (Phi) is 6.16. The lowest BCUT2D eigenvalue weighted by atomic mass is 9.96. The number of carbonyl (C=O) groups excluding carboxylic acids is 1. The molecule has 0 spiro atoms. The normalized spacial score (nSPS) is 16.9. The van der Waals surface area contributed by atoms with Crippen molar-refractivity contribution in [2.24, 2.45) is 0 Å². The number of alkyl halides is 3. The lowest BCUT2D eigenvalue weighted by Gasteiger charge is -2.20. The number of carbonyl (C=O) groups is 1. The van der Waals surface area contributed by atoms with Gasteiger partial charge in [-0.1, -0.05) is 19.1 Å². The quantitative estimate of drug-likeness (QED) is 0.765. The van der Waals surface area contributed by atoms with Gasteiger partial charge in [0.05, 0.1) is 5.56 Å². The maximum Gasteiger partial charge on any atom is 0.416 e. The van der Waals surface area contributed by atoms with Crippen molar-refractivity contribution < 1.29 is 18.0 Å². The van der Waals surface area contributed by atoms with Crippen LogP contribution in [0.4, 0.5) is 18.3 Å². The zero-order chi connectivity index (χ0) is 19.4. The Morgan fingerprint density at radius 1 is 1.30 bits per heavy atom. The molecule has 1 aromatic heterocycles. The van der Waals surface area contributed by atoms with Gasteiger partial charge in [-0.15, -0.1) is 11.3 Å². The fourth-order valence-electron chi connectivity index (χ4n) is 3.21. The van der Waals surface area contributed by atoms with Gasteiger partial charge >= 0.3 is 6.18 Å². The van der Waals surface area contributed by atoms with Crippen molar-refractivity contribution in [2.75, 3.05) is 18.4 Å². The minimum Gasteiger partial charge on any atom is -0.317 e. The van der Waals surface area contributed by atoms with Gasteiger partial charge in [0.1, 0.15) is 0 Å². The summed E-state index contributed by atoms with van der Waals surface area (Å²) >= 11 is 1.50. The summed E-state index contributed by atoms with van der Waals surface area (Å²) in [5.41, 5.74) is 0.0174. The van der Waals surface area contributed by atoms with Crippen LogP contribution in [0.25, 0.3) is 0 Å². The molecule has 27 heavy (non-hydrogen) atoms. The van der Waals surface area contributed by atoms with Crippen LogP contribution in [0, 0.1) is 0 Å². The predicted octanol–water partition coefficient (Wildman–Crippen LogP) is 4.76. The SMILES string of the molecule is CC(CC(=O)Nc1ncc(C2CCNCC2)s1)c1ccc(C(F)(F)F)cc1.